The van der Waals surface area contributed by atoms with Crippen molar-refractivity contribution in [3.63, 3.8) is 0 Å². The molecule has 0 amide bonds. The van der Waals surface area contributed by atoms with Gasteiger partial charge in [0.15, 0.2) is 0 Å². The molecule has 0 aromatic rings. The van der Waals surface area contributed by atoms with Crippen LogP contribution in [0.15, 0.2) is 0 Å². The summed E-state index contributed by atoms with van der Waals surface area (Å²) in [5.41, 5.74) is 0. The highest BCUT2D eigenvalue weighted by Crippen LogP contribution is 2.28. The quantitative estimate of drug-likeness (QED) is 0.696. The molecule has 2 atom stereocenters. The molecule has 1 rings (SSSR count). The summed E-state index contributed by atoms with van der Waals surface area (Å²) in [6.45, 7) is 13.5. The van der Waals surface area contributed by atoms with E-state index in [1.165, 1.54) is 25.9 Å². The molecular formula is C12H27N. The largest absolute Gasteiger partial charge is 0.316 e. The zero-order valence-corrected chi connectivity index (χ0v) is 10.1. The molecule has 1 saturated heterocycles. The van der Waals surface area contributed by atoms with Crippen molar-refractivity contribution >= 4 is 0 Å². The van der Waals surface area contributed by atoms with Crippen molar-refractivity contribution in [2.75, 3.05) is 13.1 Å². The molecule has 13 heavy (non-hydrogen) atoms. The van der Waals surface area contributed by atoms with Crippen LogP contribution >= 0.6 is 0 Å². The molecule has 0 aromatic heterocycles. The molecule has 0 spiro atoms. The maximum absolute atomic E-state index is 3.48. The summed E-state index contributed by atoms with van der Waals surface area (Å²) < 4.78 is 0. The predicted molar refractivity (Wildman–Crippen MR) is 60.9 cm³/mol. The molecule has 1 N–H and O–H groups in total. The van der Waals surface area contributed by atoms with Crippen LogP contribution in [0.5, 0.6) is 0 Å². The van der Waals surface area contributed by atoms with E-state index in [9.17, 15) is 0 Å². The van der Waals surface area contributed by atoms with E-state index in [1.807, 2.05) is 13.8 Å². The first-order valence-corrected chi connectivity index (χ1v) is 5.96. The van der Waals surface area contributed by atoms with E-state index in [4.69, 9.17) is 0 Å². The number of hydrogen-bond donors (Lipinski definition) is 1. The van der Waals surface area contributed by atoms with Crippen molar-refractivity contribution in [1.29, 1.82) is 0 Å². The molecule has 0 aliphatic carbocycles. The van der Waals surface area contributed by atoms with Gasteiger partial charge in [-0.25, -0.2) is 0 Å². The number of piperidine rings is 1. The Labute approximate surface area is 84.3 Å². The van der Waals surface area contributed by atoms with E-state index in [2.05, 4.69) is 26.1 Å². The van der Waals surface area contributed by atoms with Gasteiger partial charge in [-0.2, -0.15) is 0 Å². The number of rotatable bonds is 2. The van der Waals surface area contributed by atoms with Gasteiger partial charge in [-0.05, 0) is 37.3 Å². The van der Waals surface area contributed by atoms with Crippen molar-refractivity contribution in [3.05, 3.63) is 0 Å². The lowest BCUT2D eigenvalue weighted by molar-refractivity contribution is 0.191. The Morgan fingerprint density at radius 2 is 1.92 bits per heavy atom. The highest BCUT2D eigenvalue weighted by Gasteiger charge is 2.25. The molecule has 1 aliphatic rings. The van der Waals surface area contributed by atoms with Crippen LogP contribution in [0.1, 0.15) is 47.5 Å². The second-order valence-corrected chi connectivity index (χ2v) is 4.07. The fraction of sp³-hybridized carbons (Fsp3) is 1.00. The fourth-order valence-electron chi connectivity index (χ4n) is 2.22. The lowest BCUT2D eigenvalue weighted by Crippen LogP contribution is -2.38. The van der Waals surface area contributed by atoms with E-state index in [1.54, 1.807) is 0 Å². The van der Waals surface area contributed by atoms with E-state index < -0.39 is 0 Å². The van der Waals surface area contributed by atoms with E-state index in [0.29, 0.717) is 0 Å². The second-order valence-electron chi connectivity index (χ2n) is 4.07. The first-order chi connectivity index (χ1) is 6.25. The molecule has 2 unspecified atom stereocenters. The van der Waals surface area contributed by atoms with Gasteiger partial charge >= 0.3 is 0 Å². The Balaban J connectivity index is 0.000000671. The Morgan fingerprint density at radius 1 is 1.31 bits per heavy atom. The minimum atomic E-state index is 0.854. The standard InChI is InChI=1S/C10H21N.C2H6/c1-4-9-5-6-11-7-10(9)8(2)3;1-2/h8-11H,4-7H2,1-3H3;1-2H3. The Kier molecular flexibility index (Phi) is 7.35. The average Bonchev–Trinajstić information content (AvgIpc) is 2.20. The molecule has 0 radical (unpaired) electrons. The minimum Gasteiger partial charge on any atom is -0.316 e. The van der Waals surface area contributed by atoms with Crippen molar-refractivity contribution in [2.45, 2.75) is 47.5 Å². The Morgan fingerprint density at radius 3 is 2.31 bits per heavy atom. The van der Waals surface area contributed by atoms with Gasteiger partial charge in [0.25, 0.3) is 0 Å². The molecule has 1 heteroatoms. The maximum atomic E-state index is 3.48. The highest BCUT2D eigenvalue weighted by atomic mass is 14.9. The van der Waals surface area contributed by atoms with Gasteiger partial charge in [-0.15, -0.1) is 0 Å². The number of nitrogens with one attached hydrogen (secondary N) is 1. The van der Waals surface area contributed by atoms with E-state index in [-0.39, 0.29) is 0 Å². The van der Waals surface area contributed by atoms with Gasteiger partial charge in [0.2, 0.25) is 0 Å². The van der Waals surface area contributed by atoms with Gasteiger partial charge in [-0.1, -0.05) is 41.0 Å². The zero-order valence-electron chi connectivity index (χ0n) is 10.1. The molecule has 1 fully saturated rings. The lowest BCUT2D eigenvalue weighted by atomic mass is 9.78. The fourth-order valence-corrected chi connectivity index (χ4v) is 2.22. The summed E-state index contributed by atoms with van der Waals surface area (Å²) in [6.07, 6.45) is 2.75. The summed E-state index contributed by atoms with van der Waals surface area (Å²) in [4.78, 5) is 0. The van der Waals surface area contributed by atoms with Gasteiger partial charge in [0, 0.05) is 0 Å². The summed E-state index contributed by atoms with van der Waals surface area (Å²) in [5, 5.41) is 3.48. The molecule has 1 aliphatic heterocycles. The molecule has 1 nitrogen and oxygen atoms in total. The first kappa shape index (κ1) is 13.0. The van der Waals surface area contributed by atoms with Gasteiger partial charge in [0.05, 0.1) is 0 Å². The van der Waals surface area contributed by atoms with Crippen LogP contribution in [-0.2, 0) is 0 Å². The minimum absolute atomic E-state index is 0.854. The van der Waals surface area contributed by atoms with Gasteiger partial charge in [-0.3, -0.25) is 0 Å². The molecule has 80 valence electrons. The van der Waals surface area contributed by atoms with Crippen molar-refractivity contribution < 1.29 is 0 Å². The maximum Gasteiger partial charge on any atom is -0.00154 e. The highest BCUT2D eigenvalue weighted by molar-refractivity contribution is 4.78. The molecule has 0 saturated carbocycles. The summed E-state index contributed by atoms with van der Waals surface area (Å²) >= 11 is 0. The topological polar surface area (TPSA) is 12.0 Å². The van der Waals surface area contributed by atoms with Crippen LogP contribution in [-0.4, -0.2) is 13.1 Å². The Hall–Kier alpha value is -0.0400. The Bertz CT molecular complexity index is 110. The molecule has 1 heterocycles. The third kappa shape index (κ3) is 4.12. The monoisotopic (exact) mass is 185 g/mol. The van der Waals surface area contributed by atoms with E-state index in [0.717, 1.165) is 17.8 Å². The summed E-state index contributed by atoms with van der Waals surface area (Å²) in [6, 6.07) is 0. The third-order valence-electron chi connectivity index (χ3n) is 3.06. The van der Waals surface area contributed by atoms with Crippen LogP contribution in [0.25, 0.3) is 0 Å². The molecule has 0 bridgehead atoms. The normalized spacial score (nSPS) is 28.2. The SMILES string of the molecule is CC.CCC1CCNCC1C(C)C. The van der Waals surface area contributed by atoms with Crippen molar-refractivity contribution in [2.24, 2.45) is 17.8 Å². The number of hydrogen-bond acceptors (Lipinski definition) is 1. The van der Waals surface area contributed by atoms with Crippen molar-refractivity contribution in [3.8, 4) is 0 Å². The van der Waals surface area contributed by atoms with Crippen LogP contribution in [0, 0.1) is 17.8 Å². The third-order valence-corrected chi connectivity index (χ3v) is 3.06. The second kappa shape index (κ2) is 7.37. The predicted octanol–water partition coefficient (Wildman–Crippen LogP) is 3.30. The van der Waals surface area contributed by atoms with Crippen LogP contribution in [0.2, 0.25) is 0 Å². The zero-order chi connectivity index (χ0) is 10.3. The molecular weight excluding hydrogens is 158 g/mol. The lowest BCUT2D eigenvalue weighted by Gasteiger charge is -2.34. The van der Waals surface area contributed by atoms with Gasteiger partial charge in [0.1, 0.15) is 0 Å². The first-order valence-electron chi connectivity index (χ1n) is 5.96. The van der Waals surface area contributed by atoms with Gasteiger partial charge < -0.3 is 5.32 Å². The van der Waals surface area contributed by atoms with Crippen molar-refractivity contribution in [1.82, 2.24) is 5.32 Å². The average molecular weight is 185 g/mol. The van der Waals surface area contributed by atoms with Crippen LogP contribution < -0.4 is 5.32 Å². The van der Waals surface area contributed by atoms with Crippen LogP contribution in [0.4, 0.5) is 0 Å². The summed E-state index contributed by atoms with van der Waals surface area (Å²) in [7, 11) is 0. The van der Waals surface area contributed by atoms with E-state index >= 15 is 0 Å². The summed E-state index contributed by atoms with van der Waals surface area (Å²) in [5.74, 6) is 2.76. The smallest absolute Gasteiger partial charge is 0.00154 e. The molecule has 0 aromatic carbocycles. The van der Waals surface area contributed by atoms with Crippen LogP contribution in [0.3, 0.4) is 0 Å².